The number of amides is 2. The van der Waals surface area contributed by atoms with Gasteiger partial charge in [0, 0.05) is 5.56 Å². The van der Waals surface area contributed by atoms with Crippen molar-refractivity contribution in [3.8, 4) is 0 Å². The second-order valence-corrected chi connectivity index (χ2v) is 6.41. The molecule has 0 bridgehead atoms. The molecule has 0 spiro atoms. The van der Waals surface area contributed by atoms with Crippen molar-refractivity contribution in [2.45, 2.75) is 13.8 Å². The Kier molecular flexibility index (Phi) is 5.99. The van der Waals surface area contributed by atoms with Gasteiger partial charge in [-0.15, -0.1) is 0 Å². The summed E-state index contributed by atoms with van der Waals surface area (Å²) in [7, 11) is 0. The maximum Gasteiger partial charge on any atom is 0.287 e. The van der Waals surface area contributed by atoms with E-state index in [1.165, 1.54) is 12.5 Å². The zero-order chi connectivity index (χ0) is 20.8. The van der Waals surface area contributed by atoms with Crippen molar-refractivity contribution in [2.24, 2.45) is 5.10 Å². The molecule has 0 aliphatic heterocycles. The highest BCUT2D eigenvalue weighted by Gasteiger charge is 2.15. The maximum absolute atomic E-state index is 12.4. The summed E-state index contributed by atoms with van der Waals surface area (Å²) < 4.78 is 5.40. The minimum Gasteiger partial charge on any atom is -0.463 e. The number of carbonyl (C=O) groups is 2. The van der Waals surface area contributed by atoms with Gasteiger partial charge in [0.15, 0.2) is 0 Å². The third kappa shape index (κ3) is 4.65. The quantitative estimate of drug-likeness (QED) is 0.398. The Balaban J connectivity index is 1.73. The molecule has 146 valence electrons. The van der Waals surface area contributed by atoms with Crippen molar-refractivity contribution in [1.29, 1.82) is 0 Å². The monoisotopic (exact) mass is 389 g/mol. The molecular weight excluding hydrogens is 370 g/mol. The molecule has 0 saturated carbocycles. The summed E-state index contributed by atoms with van der Waals surface area (Å²) in [6, 6.07) is 15.4. The van der Waals surface area contributed by atoms with Crippen LogP contribution in [0, 0.1) is 0 Å². The standard InChI is InChI=1S/C22H19N3O4/c1-14(2)19(24-21(27)15-8-4-3-5-9-15)22(28)25-23-12-16-13-29-18-11-7-6-10-17(18)20(16)26/h3-13H,1-2H3,(H,24,27)(H,25,28)/b23-12-. The lowest BCUT2D eigenvalue weighted by molar-refractivity contribution is -0.117. The lowest BCUT2D eigenvalue weighted by atomic mass is 10.2. The van der Waals surface area contributed by atoms with E-state index < -0.39 is 11.8 Å². The number of nitrogens with zero attached hydrogens (tertiary/aromatic N) is 1. The largest absolute Gasteiger partial charge is 0.463 e. The van der Waals surface area contributed by atoms with Gasteiger partial charge < -0.3 is 9.73 Å². The average molecular weight is 389 g/mol. The van der Waals surface area contributed by atoms with Gasteiger partial charge >= 0.3 is 0 Å². The van der Waals surface area contributed by atoms with Crippen LogP contribution in [0.4, 0.5) is 0 Å². The molecule has 1 heterocycles. The number of benzene rings is 2. The zero-order valence-corrected chi connectivity index (χ0v) is 15.9. The third-order valence-corrected chi connectivity index (χ3v) is 4.08. The number of rotatable bonds is 5. The molecule has 0 unspecified atom stereocenters. The SMILES string of the molecule is CC(C)=C(NC(=O)c1ccccc1)C(=O)N/N=C\c1coc2ccccc2c1=O. The summed E-state index contributed by atoms with van der Waals surface area (Å²) in [5.41, 5.74) is 3.84. The summed E-state index contributed by atoms with van der Waals surface area (Å²) in [6.07, 6.45) is 2.48. The summed E-state index contributed by atoms with van der Waals surface area (Å²) in [4.78, 5) is 37.2. The van der Waals surface area contributed by atoms with E-state index in [1.54, 1.807) is 68.4 Å². The van der Waals surface area contributed by atoms with Crippen molar-refractivity contribution in [2.75, 3.05) is 0 Å². The third-order valence-electron chi connectivity index (χ3n) is 4.08. The molecule has 0 aliphatic carbocycles. The number of allylic oxidation sites excluding steroid dienone is 1. The number of hydrogen-bond acceptors (Lipinski definition) is 5. The van der Waals surface area contributed by atoms with Crippen LogP contribution in [0.15, 0.2) is 86.4 Å². The molecule has 1 aromatic heterocycles. The van der Waals surface area contributed by atoms with Crippen LogP contribution in [-0.2, 0) is 4.79 Å². The second-order valence-electron chi connectivity index (χ2n) is 6.41. The number of hydrazone groups is 1. The fourth-order valence-corrected chi connectivity index (χ4v) is 2.58. The number of fused-ring (bicyclic) bond motifs is 1. The van der Waals surface area contributed by atoms with Crippen molar-refractivity contribution in [3.63, 3.8) is 0 Å². The van der Waals surface area contributed by atoms with Crippen molar-refractivity contribution >= 4 is 29.0 Å². The van der Waals surface area contributed by atoms with Crippen molar-refractivity contribution in [1.82, 2.24) is 10.7 Å². The van der Waals surface area contributed by atoms with Crippen LogP contribution in [0.5, 0.6) is 0 Å². The van der Waals surface area contributed by atoms with Crippen molar-refractivity contribution < 1.29 is 14.0 Å². The molecule has 2 N–H and O–H groups in total. The average Bonchev–Trinajstić information content (AvgIpc) is 2.74. The van der Waals surface area contributed by atoms with Crippen LogP contribution in [0.1, 0.15) is 29.8 Å². The summed E-state index contributed by atoms with van der Waals surface area (Å²) in [5, 5.41) is 6.83. The molecule has 0 aliphatic rings. The molecule has 0 saturated heterocycles. The molecule has 3 aromatic rings. The Labute approximate surface area is 166 Å². The van der Waals surface area contributed by atoms with E-state index >= 15 is 0 Å². The van der Waals surface area contributed by atoms with Gasteiger partial charge in [0.1, 0.15) is 17.5 Å². The van der Waals surface area contributed by atoms with E-state index in [9.17, 15) is 14.4 Å². The van der Waals surface area contributed by atoms with Crippen LogP contribution in [0.2, 0.25) is 0 Å². The fraction of sp³-hybridized carbons (Fsp3) is 0.0909. The van der Waals surface area contributed by atoms with Gasteiger partial charge in [-0.25, -0.2) is 5.43 Å². The molecule has 0 fully saturated rings. The number of para-hydroxylation sites is 1. The lowest BCUT2D eigenvalue weighted by Crippen LogP contribution is -2.33. The molecule has 0 radical (unpaired) electrons. The first-order valence-corrected chi connectivity index (χ1v) is 8.85. The zero-order valence-electron chi connectivity index (χ0n) is 15.9. The van der Waals surface area contributed by atoms with Crippen LogP contribution in [0.25, 0.3) is 11.0 Å². The first kappa shape index (κ1) is 19.8. The van der Waals surface area contributed by atoms with E-state index in [0.717, 1.165) is 0 Å². The fourth-order valence-electron chi connectivity index (χ4n) is 2.58. The highest BCUT2D eigenvalue weighted by Crippen LogP contribution is 2.09. The minimum absolute atomic E-state index is 0.0848. The van der Waals surface area contributed by atoms with Gasteiger partial charge in [-0.3, -0.25) is 14.4 Å². The Morgan fingerprint density at radius 1 is 1.00 bits per heavy atom. The molecular formula is C22H19N3O4. The molecule has 2 aromatic carbocycles. The summed E-state index contributed by atoms with van der Waals surface area (Å²) in [6.45, 7) is 3.39. The van der Waals surface area contributed by atoms with E-state index in [-0.39, 0.29) is 16.7 Å². The highest BCUT2D eigenvalue weighted by molar-refractivity contribution is 6.03. The highest BCUT2D eigenvalue weighted by atomic mass is 16.3. The molecule has 29 heavy (non-hydrogen) atoms. The lowest BCUT2D eigenvalue weighted by Gasteiger charge is -2.10. The van der Waals surface area contributed by atoms with Gasteiger partial charge in [-0.2, -0.15) is 5.10 Å². The Morgan fingerprint density at radius 3 is 2.41 bits per heavy atom. The van der Waals surface area contributed by atoms with Crippen molar-refractivity contribution in [3.05, 3.63) is 93.5 Å². The van der Waals surface area contributed by atoms with Gasteiger partial charge in [0.2, 0.25) is 5.43 Å². The summed E-state index contributed by atoms with van der Waals surface area (Å²) >= 11 is 0. The molecule has 2 amide bonds. The van der Waals surface area contributed by atoms with Gasteiger partial charge in [-0.1, -0.05) is 30.3 Å². The smallest absolute Gasteiger partial charge is 0.287 e. The van der Waals surface area contributed by atoms with E-state index in [0.29, 0.717) is 22.1 Å². The van der Waals surface area contributed by atoms with Crippen LogP contribution in [-0.4, -0.2) is 18.0 Å². The number of carbonyl (C=O) groups excluding carboxylic acids is 2. The van der Waals surface area contributed by atoms with E-state index in [1.807, 2.05) is 0 Å². The van der Waals surface area contributed by atoms with Gasteiger partial charge in [0.25, 0.3) is 11.8 Å². The molecule has 7 heteroatoms. The van der Waals surface area contributed by atoms with Gasteiger partial charge in [0.05, 0.1) is 17.2 Å². The Morgan fingerprint density at radius 2 is 1.69 bits per heavy atom. The first-order chi connectivity index (χ1) is 14.0. The number of hydrogen-bond donors (Lipinski definition) is 2. The predicted molar refractivity (Wildman–Crippen MR) is 111 cm³/mol. The predicted octanol–water partition coefficient (Wildman–Crippen LogP) is 2.97. The van der Waals surface area contributed by atoms with Crippen LogP contribution in [0.3, 0.4) is 0 Å². The topological polar surface area (TPSA) is 101 Å². The first-order valence-electron chi connectivity index (χ1n) is 8.85. The maximum atomic E-state index is 12.4. The normalized spacial score (nSPS) is 10.7. The van der Waals surface area contributed by atoms with Gasteiger partial charge in [-0.05, 0) is 43.7 Å². The molecule has 3 rings (SSSR count). The van der Waals surface area contributed by atoms with Crippen LogP contribution >= 0.6 is 0 Å². The minimum atomic E-state index is -0.601. The Bertz CT molecular complexity index is 1170. The van der Waals surface area contributed by atoms with Crippen LogP contribution < -0.4 is 16.2 Å². The molecule has 0 atom stereocenters. The summed E-state index contributed by atoms with van der Waals surface area (Å²) in [5.74, 6) is -1.01. The Hall–Kier alpha value is -4.00. The second kappa shape index (κ2) is 8.79. The van der Waals surface area contributed by atoms with E-state index in [2.05, 4.69) is 15.8 Å². The molecule has 7 nitrogen and oxygen atoms in total. The number of nitrogens with one attached hydrogen (secondary N) is 2. The van der Waals surface area contributed by atoms with E-state index in [4.69, 9.17) is 4.42 Å².